The maximum atomic E-state index is 13.2. The van der Waals surface area contributed by atoms with Gasteiger partial charge in [0.15, 0.2) is 5.60 Å². The third kappa shape index (κ3) is 6.32. The van der Waals surface area contributed by atoms with Crippen LogP contribution in [0, 0.1) is 0 Å². The zero-order chi connectivity index (χ0) is 27.7. The van der Waals surface area contributed by atoms with Gasteiger partial charge in [-0.05, 0) is 61.7 Å². The molecule has 3 heterocycles. The quantitative estimate of drug-likeness (QED) is 0.523. The van der Waals surface area contributed by atoms with Gasteiger partial charge in [0.1, 0.15) is 0 Å². The van der Waals surface area contributed by atoms with Crippen LogP contribution in [-0.2, 0) is 15.1 Å². The van der Waals surface area contributed by atoms with Gasteiger partial charge in [0.25, 0.3) is 11.8 Å². The van der Waals surface area contributed by atoms with E-state index in [9.17, 15) is 14.7 Å². The van der Waals surface area contributed by atoms with Crippen molar-refractivity contribution in [1.82, 2.24) is 14.7 Å². The molecule has 0 aliphatic carbocycles. The maximum absolute atomic E-state index is 13.2. The molecule has 2 amide bonds. The average molecular weight is 596 g/mol. The standard InChI is InChI=1S/C28H33Cl3N4O4/c1-28(38,18-12-19(29)14-20(30)13-18)27(37)34-6-4-23(5-7-34)35-16-22(17-35)32-21-2-3-24(25(31)15-21)26(36)33-8-10-39-11-9-33/h2-3,12-15,22-23,32,38H,4-11,16-17H2,1H3/t28-/m0/s1. The molecule has 3 aliphatic rings. The molecule has 8 nitrogen and oxygen atoms in total. The highest BCUT2D eigenvalue weighted by Gasteiger charge is 2.40. The van der Waals surface area contributed by atoms with E-state index in [1.165, 1.54) is 6.92 Å². The highest BCUT2D eigenvalue weighted by molar-refractivity contribution is 6.35. The van der Waals surface area contributed by atoms with Crippen LogP contribution in [0.1, 0.15) is 35.7 Å². The molecule has 0 saturated carbocycles. The van der Waals surface area contributed by atoms with Gasteiger partial charge in [-0.15, -0.1) is 0 Å². The second-order valence-electron chi connectivity index (χ2n) is 10.6. The van der Waals surface area contributed by atoms with E-state index in [-0.39, 0.29) is 17.9 Å². The van der Waals surface area contributed by atoms with E-state index in [4.69, 9.17) is 39.5 Å². The first-order valence-electron chi connectivity index (χ1n) is 13.3. The number of likely N-dealkylation sites (tertiary alicyclic amines) is 2. The van der Waals surface area contributed by atoms with Crippen LogP contribution in [0.25, 0.3) is 0 Å². The number of piperidine rings is 1. The van der Waals surface area contributed by atoms with E-state index in [0.717, 1.165) is 31.6 Å². The van der Waals surface area contributed by atoms with Gasteiger partial charge in [-0.1, -0.05) is 34.8 Å². The summed E-state index contributed by atoms with van der Waals surface area (Å²) in [6.45, 7) is 6.70. The lowest BCUT2D eigenvalue weighted by atomic mass is 9.92. The van der Waals surface area contributed by atoms with Crippen LogP contribution >= 0.6 is 34.8 Å². The summed E-state index contributed by atoms with van der Waals surface area (Å²) in [4.78, 5) is 31.9. The van der Waals surface area contributed by atoms with Gasteiger partial charge in [-0.2, -0.15) is 0 Å². The fraction of sp³-hybridized carbons (Fsp3) is 0.500. The summed E-state index contributed by atoms with van der Waals surface area (Å²) < 4.78 is 5.33. The number of morpholine rings is 1. The Morgan fingerprint density at radius 3 is 2.21 bits per heavy atom. The molecule has 0 radical (unpaired) electrons. The lowest BCUT2D eigenvalue weighted by molar-refractivity contribution is -0.152. The SMILES string of the molecule is C[C@@](O)(C(=O)N1CCC(N2CC(Nc3ccc(C(=O)N4CCOCC4)c(Cl)c3)C2)CC1)c1cc(Cl)cc(Cl)c1. The van der Waals surface area contributed by atoms with Crippen LogP contribution in [0.15, 0.2) is 36.4 Å². The maximum Gasteiger partial charge on any atom is 0.258 e. The normalized spacial score (nSPS) is 20.8. The number of ether oxygens (including phenoxy) is 1. The smallest absolute Gasteiger partial charge is 0.258 e. The Labute approximate surface area is 243 Å². The van der Waals surface area contributed by atoms with Crippen molar-refractivity contribution < 1.29 is 19.4 Å². The molecule has 2 aromatic rings. The number of aliphatic hydroxyl groups is 1. The summed E-state index contributed by atoms with van der Waals surface area (Å²) in [5.74, 6) is -0.401. The molecule has 0 aromatic heterocycles. The third-order valence-electron chi connectivity index (χ3n) is 7.89. The largest absolute Gasteiger partial charge is 0.380 e. The van der Waals surface area contributed by atoms with Crippen molar-refractivity contribution in [2.45, 2.75) is 37.5 Å². The number of hydrogen-bond acceptors (Lipinski definition) is 6. The molecule has 210 valence electrons. The van der Waals surface area contributed by atoms with Gasteiger partial charge < -0.3 is 25.0 Å². The van der Waals surface area contributed by atoms with Crippen molar-refractivity contribution >= 4 is 52.3 Å². The minimum Gasteiger partial charge on any atom is -0.380 e. The van der Waals surface area contributed by atoms with Crippen molar-refractivity contribution in [1.29, 1.82) is 0 Å². The Hall–Kier alpha value is -2.07. The molecule has 39 heavy (non-hydrogen) atoms. The zero-order valence-electron chi connectivity index (χ0n) is 21.8. The van der Waals surface area contributed by atoms with Crippen LogP contribution in [0.5, 0.6) is 0 Å². The monoisotopic (exact) mass is 594 g/mol. The molecule has 2 N–H and O–H groups in total. The Kier molecular flexibility index (Phi) is 8.62. The minimum absolute atomic E-state index is 0.0626. The van der Waals surface area contributed by atoms with Crippen molar-refractivity contribution in [3.63, 3.8) is 0 Å². The summed E-state index contributed by atoms with van der Waals surface area (Å²) >= 11 is 18.6. The zero-order valence-corrected chi connectivity index (χ0v) is 24.1. The van der Waals surface area contributed by atoms with E-state index in [1.54, 1.807) is 34.1 Å². The number of carbonyl (C=O) groups is 2. The fourth-order valence-corrected chi connectivity index (χ4v) is 6.34. The summed E-state index contributed by atoms with van der Waals surface area (Å²) in [6, 6.07) is 10.9. The molecule has 0 bridgehead atoms. The lowest BCUT2D eigenvalue weighted by Crippen LogP contribution is -2.61. The van der Waals surface area contributed by atoms with E-state index in [1.807, 2.05) is 12.1 Å². The van der Waals surface area contributed by atoms with Crippen LogP contribution in [0.3, 0.4) is 0 Å². The number of amides is 2. The molecule has 11 heteroatoms. The Morgan fingerprint density at radius 1 is 0.949 bits per heavy atom. The first-order chi connectivity index (χ1) is 18.6. The van der Waals surface area contributed by atoms with Gasteiger partial charge in [0.2, 0.25) is 0 Å². The van der Waals surface area contributed by atoms with E-state index in [2.05, 4.69) is 10.2 Å². The predicted molar refractivity (Wildman–Crippen MR) is 153 cm³/mol. The topological polar surface area (TPSA) is 85.3 Å². The van der Waals surface area contributed by atoms with Crippen LogP contribution in [0.4, 0.5) is 5.69 Å². The summed E-state index contributed by atoms with van der Waals surface area (Å²) in [6.07, 6.45) is 1.68. The molecular formula is C28H33Cl3N4O4. The van der Waals surface area contributed by atoms with E-state index in [0.29, 0.717) is 71.6 Å². The first-order valence-corrected chi connectivity index (χ1v) is 14.4. The van der Waals surface area contributed by atoms with Gasteiger partial charge in [-0.3, -0.25) is 14.5 Å². The van der Waals surface area contributed by atoms with Crippen molar-refractivity contribution in [2.75, 3.05) is 57.8 Å². The number of nitrogens with one attached hydrogen (secondary N) is 1. The molecule has 1 atom stereocenters. The number of benzene rings is 2. The minimum atomic E-state index is -1.70. The molecule has 2 aromatic carbocycles. The Balaban J connectivity index is 1.09. The average Bonchev–Trinajstić information content (AvgIpc) is 2.90. The molecule has 3 fully saturated rings. The van der Waals surface area contributed by atoms with Crippen molar-refractivity contribution in [3.8, 4) is 0 Å². The van der Waals surface area contributed by atoms with E-state index < -0.39 is 5.60 Å². The predicted octanol–water partition coefficient (Wildman–Crippen LogP) is 4.11. The van der Waals surface area contributed by atoms with Crippen LogP contribution < -0.4 is 5.32 Å². The second-order valence-corrected chi connectivity index (χ2v) is 11.9. The van der Waals surface area contributed by atoms with Gasteiger partial charge in [0, 0.05) is 61.0 Å². The Bertz CT molecular complexity index is 1200. The van der Waals surface area contributed by atoms with Gasteiger partial charge in [-0.25, -0.2) is 0 Å². The molecule has 5 rings (SSSR count). The number of carbonyl (C=O) groups excluding carboxylic acids is 2. The lowest BCUT2D eigenvalue weighted by Gasteiger charge is -2.48. The molecular weight excluding hydrogens is 563 g/mol. The first kappa shape index (κ1) is 28.5. The summed E-state index contributed by atoms with van der Waals surface area (Å²) in [5.41, 5.74) is 0.101. The third-order valence-corrected chi connectivity index (χ3v) is 8.64. The number of rotatable bonds is 6. The van der Waals surface area contributed by atoms with Crippen molar-refractivity contribution in [2.24, 2.45) is 0 Å². The molecule has 3 aliphatic heterocycles. The van der Waals surface area contributed by atoms with Gasteiger partial charge in [0.05, 0.1) is 29.8 Å². The number of anilines is 1. The second kappa shape index (κ2) is 11.8. The number of hydrogen-bond donors (Lipinski definition) is 2. The number of halogens is 3. The van der Waals surface area contributed by atoms with Gasteiger partial charge >= 0.3 is 0 Å². The van der Waals surface area contributed by atoms with Crippen LogP contribution in [0.2, 0.25) is 15.1 Å². The highest BCUT2D eigenvalue weighted by atomic mass is 35.5. The van der Waals surface area contributed by atoms with Crippen molar-refractivity contribution in [3.05, 3.63) is 62.6 Å². The Morgan fingerprint density at radius 2 is 1.59 bits per heavy atom. The van der Waals surface area contributed by atoms with Crippen LogP contribution in [-0.4, -0.2) is 96.2 Å². The molecule has 3 saturated heterocycles. The number of nitrogens with zero attached hydrogens (tertiary/aromatic N) is 3. The summed E-state index contributed by atoms with van der Waals surface area (Å²) in [7, 11) is 0. The fourth-order valence-electron chi connectivity index (χ4n) is 5.55. The highest BCUT2D eigenvalue weighted by Crippen LogP contribution is 2.32. The summed E-state index contributed by atoms with van der Waals surface area (Å²) in [5, 5.41) is 15.8. The van der Waals surface area contributed by atoms with E-state index >= 15 is 0 Å². The molecule has 0 unspecified atom stereocenters. The molecule has 0 spiro atoms.